The maximum atomic E-state index is 11.8. The average molecular weight is 255 g/mol. The Labute approximate surface area is 97.2 Å². The Hall–Kier alpha value is -1.27. The van der Waals surface area contributed by atoms with Crippen LogP contribution in [0.25, 0.3) is 0 Å². The molecule has 0 aliphatic heterocycles. The van der Waals surface area contributed by atoms with E-state index in [0.29, 0.717) is 0 Å². The van der Waals surface area contributed by atoms with Gasteiger partial charge in [0.15, 0.2) is 0 Å². The van der Waals surface area contributed by atoms with Crippen LogP contribution in [0.4, 0.5) is 13.2 Å². The van der Waals surface area contributed by atoms with Crippen molar-refractivity contribution in [2.24, 2.45) is 5.41 Å². The quantitative estimate of drug-likeness (QED) is 0.762. The molecule has 0 saturated heterocycles. The smallest absolute Gasteiger partial charge is 0.389 e. The minimum Gasteiger partial charge on any atom is -0.481 e. The van der Waals surface area contributed by atoms with E-state index >= 15 is 0 Å². The minimum absolute atomic E-state index is 0.171. The third kappa shape index (κ3) is 6.13. The lowest BCUT2D eigenvalue weighted by atomic mass is 9.87. The van der Waals surface area contributed by atoms with Gasteiger partial charge in [0.05, 0.1) is 11.8 Å². The molecule has 0 aromatic carbocycles. The molecule has 1 unspecified atom stereocenters. The fourth-order valence-corrected chi connectivity index (χ4v) is 0.989. The lowest BCUT2D eigenvalue weighted by Crippen LogP contribution is -2.40. The van der Waals surface area contributed by atoms with Crippen LogP contribution in [0, 0.1) is 5.41 Å². The Morgan fingerprint density at radius 2 is 1.82 bits per heavy atom. The van der Waals surface area contributed by atoms with Crippen LogP contribution in [-0.4, -0.2) is 29.7 Å². The molecule has 17 heavy (non-hydrogen) atoms. The lowest BCUT2D eigenvalue weighted by molar-refractivity contribution is -0.149. The van der Waals surface area contributed by atoms with Crippen LogP contribution >= 0.6 is 0 Å². The van der Waals surface area contributed by atoms with E-state index in [-0.39, 0.29) is 13.0 Å². The molecule has 100 valence electrons. The van der Waals surface area contributed by atoms with E-state index < -0.39 is 36.3 Å². The van der Waals surface area contributed by atoms with Crippen molar-refractivity contribution in [3.05, 3.63) is 0 Å². The van der Waals surface area contributed by atoms with Crippen LogP contribution in [0.1, 0.15) is 33.1 Å². The summed E-state index contributed by atoms with van der Waals surface area (Å²) in [7, 11) is 0. The van der Waals surface area contributed by atoms with Gasteiger partial charge in [-0.25, -0.2) is 0 Å². The Morgan fingerprint density at radius 1 is 1.29 bits per heavy atom. The molecule has 0 heterocycles. The third-order valence-electron chi connectivity index (χ3n) is 2.61. The number of rotatable bonds is 6. The highest BCUT2D eigenvalue weighted by molar-refractivity contribution is 5.78. The molecule has 0 saturated carbocycles. The second kappa shape index (κ2) is 5.88. The second-order valence-electron chi connectivity index (χ2n) is 4.11. The van der Waals surface area contributed by atoms with Crippen molar-refractivity contribution >= 4 is 11.9 Å². The molecule has 0 aliphatic carbocycles. The predicted molar refractivity (Wildman–Crippen MR) is 54.3 cm³/mol. The molecule has 0 aromatic rings. The number of nitrogens with one attached hydrogen (secondary N) is 1. The monoisotopic (exact) mass is 255 g/mol. The Bertz CT molecular complexity index is 291. The Kier molecular flexibility index (Phi) is 5.44. The number of carbonyl (C=O) groups is 2. The molecule has 0 fully saturated rings. The number of halogens is 3. The summed E-state index contributed by atoms with van der Waals surface area (Å²) in [5, 5.41) is 11.1. The van der Waals surface area contributed by atoms with Crippen LogP contribution in [0.2, 0.25) is 0 Å². The molecule has 0 radical (unpaired) electrons. The third-order valence-corrected chi connectivity index (χ3v) is 2.61. The van der Waals surface area contributed by atoms with Crippen molar-refractivity contribution in [1.29, 1.82) is 0 Å². The van der Waals surface area contributed by atoms with Gasteiger partial charge in [0.2, 0.25) is 5.91 Å². The molecule has 7 heteroatoms. The number of hydrogen-bond donors (Lipinski definition) is 2. The van der Waals surface area contributed by atoms with Crippen molar-refractivity contribution in [1.82, 2.24) is 5.32 Å². The van der Waals surface area contributed by atoms with E-state index in [1.807, 2.05) is 0 Å². The molecule has 0 rings (SSSR count). The van der Waals surface area contributed by atoms with Crippen molar-refractivity contribution in [2.75, 3.05) is 6.54 Å². The first-order valence-corrected chi connectivity index (χ1v) is 5.17. The lowest BCUT2D eigenvalue weighted by Gasteiger charge is -2.23. The maximum absolute atomic E-state index is 11.8. The fraction of sp³-hybridized carbons (Fsp3) is 0.800. The van der Waals surface area contributed by atoms with Crippen LogP contribution < -0.4 is 5.32 Å². The van der Waals surface area contributed by atoms with E-state index in [1.165, 1.54) is 6.92 Å². The van der Waals surface area contributed by atoms with Gasteiger partial charge in [0.1, 0.15) is 0 Å². The summed E-state index contributed by atoms with van der Waals surface area (Å²) in [6.45, 7) is 2.89. The highest BCUT2D eigenvalue weighted by atomic mass is 19.4. The van der Waals surface area contributed by atoms with E-state index in [0.717, 1.165) is 0 Å². The highest BCUT2D eigenvalue weighted by Gasteiger charge is 2.32. The molecule has 0 aromatic heterocycles. The number of alkyl halides is 3. The van der Waals surface area contributed by atoms with Gasteiger partial charge in [-0.15, -0.1) is 0 Å². The van der Waals surface area contributed by atoms with E-state index in [4.69, 9.17) is 5.11 Å². The minimum atomic E-state index is -4.38. The first-order chi connectivity index (χ1) is 7.60. The summed E-state index contributed by atoms with van der Waals surface area (Å²) < 4.78 is 35.4. The first kappa shape index (κ1) is 15.7. The van der Waals surface area contributed by atoms with Crippen molar-refractivity contribution in [3.8, 4) is 0 Å². The second-order valence-corrected chi connectivity index (χ2v) is 4.11. The predicted octanol–water partition coefficient (Wildman–Crippen LogP) is 1.95. The van der Waals surface area contributed by atoms with Gasteiger partial charge >= 0.3 is 12.1 Å². The van der Waals surface area contributed by atoms with Crippen LogP contribution in [0.15, 0.2) is 0 Å². The SMILES string of the molecule is CCC(C)(CNC(=O)CCC(F)(F)F)C(=O)O. The van der Waals surface area contributed by atoms with Crippen molar-refractivity contribution < 1.29 is 27.9 Å². The molecule has 1 amide bonds. The number of carbonyl (C=O) groups excluding carboxylic acids is 1. The fourth-order valence-electron chi connectivity index (χ4n) is 0.989. The zero-order valence-electron chi connectivity index (χ0n) is 9.73. The summed E-state index contributed by atoms with van der Waals surface area (Å²) in [5.74, 6) is -1.88. The maximum Gasteiger partial charge on any atom is 0.389 e. The van der Waals surface area contributed by atoms with Gasteiger partial charge in [-0.1, -0.05) is 6.92 Å². The van der Waals surface area contributed by atoms with Crippen LogP contribution in [0.5, 0.6) is 0 Å². The van der Waals surface area contributed by atoms with E-state index in [9.17, 15) is 22.8 Å². The summed E-state index contributed by atoms with van der Waals surface area (Å²) in [5.41, 5.74) is -1.14. The topological polar surface area (TPSA) is 66.4 Å². The molecule has 0 bridgehead atoms. The molecule has 2 N–H and O–H groups in total. The Morgan fingerprint density at radius 3 is 2.18 bits per heavy atom. The van der Waals surface area contributed by atoms with Crippen molar-refractivity contribution in [2.45, 2.75) is 39.3 Å². The molecule has 0 aliphatic rings. The standard InChI is InChI=1S/C10H16F3NO3/c1-3-9(2,8(16)17)6-14-7(15)4-5-10(11,12)13/h3-6H2,1-2H3,(H,14,15)(H,16,17). The number of hydrogen-bond acceptors (Lipinski definition) is 2. The number of carboxylic acid groups (broad SMARTS) is 1. The van der Waals surface area contributed by atoms with Gasteiger partial charge < -0.3 is 10.4 Å². The molecule has 0 spiro atoms. The number of amides is 1. The first-order valence-electron chi connectivity index (χ1n) is 5.17. The molecular formula is C10H16F3NO3. The molecule has 1 atom stereocenters. The summed E-state index contributed by atoms with van der Waals surface area (Å²) in [6, 6.07) is 0. The highest BCUT2D eigenvalue weighted by Crippen LogP contribution is 2.22. The summed E-state index contributed by atoms with van der Waals surface area (Å²) in [4.78, 5) is 21.9. The number of aliphatic carboxylic acids is 1. The normalized spacial score (nSPS) is 15.1. The van der Waals surface area contributed by atoms with Gasteiger partial charge in [0, 0.05) is 13.0 Å². The van der Waals surface area contributed by atoms with E-state index in [1.54, 1.807) is 6.92 Å². The van der Waals surface area contributed by atoms with Crippen molar-refractivity contribution in [3.63, 3.8) is 0 Å². The summed E-state index contributed by atoms with van der Waals surface area (Å²) in [6.07, 6.45) is -5.97. The largest absolute Gasteiger partial charge is 0.481 e. The zero-order valence-corrected chi connectivity index (χ0v) is 9.73. The zero-order chi connectivity index (χ0) is 13.7. The average Bonchev–Trinajstić information content (AvgIpc) is 2.21. The molecule has 4 nitrogen and oxygen atoms in total. The van der Waals surface area contributed by atoms with Gasteiger partial charge in [-0.05, 0) is 13.3 Å². The van der Waals surface area contributed by atoms with Gasteiger partial charge in [-0.2, -0.15) is 13.2 Å². The van der Waals surface area contributed by atoms with Gasteiger partial charge in [-0.3, -0.25) is 9.59 Å². The van der Waals surface area contributed by atoms with Crippen LogP contribution in [-0.2, 0) is 9.59 Å². The number of carboxylic acids is 1. The van der Waals surface area contributed by atoms with Crippen LogP contribution in [0.3, 0.4) is 0 Å². The summed E-state index contributed by atoms with van der Waals surface area (Å²) >= 11 is 0. The Balaban J connectivity index is 4.11. The molecular weight excluding hydrogens is 239 g/mol. The van der Waals surface area contributed by atoms with Gasteiger partial charge in [0.25, 0.3) is 0 Å². The van der Waals surface area contributed by atoms with E-state index in [2.05, 4.69) is 5.32 Å².